The Bertz CT molecular complexity index is 371. The molecule has 140 valence electrons. The largest absolute Gasteiger partial charge is 0.444 e. The number of hydrogen-bond donors (Lipinski definition) is 2. The van der Waals surface area contributed by atoms with E-state index in [1.54, 1.807) is 0 Å². The van der Waals surface area contributed by atoms with Crippen LogP contribution in [-0.4, -0.2) is 43.0 Å². The maximum absolute atomic E-state index is 11.8. The number of carbonyl (C=O) groups excluding carboxylic acids is 1. The maximum Gasteiger partial charge on any atom is 0.407 e. The summed E-state index contributed by atoms with van der Waals surface area (Å²) in [7, 11) is 0. The van der Waals surface area contributed by atoms with E-state index in [1.165, 1.54) is 0 Å². The van der Waals surface area contributed by atoms with E-state index in [0.717, 1.165) is 51.7 Å². The summed E-state index contributed by atoms with van der Waals surface area (Å²) in [4.78, 5) is 11.8. The van der Waals surface area contributed by atoms with Crippen molar-refractivity contribution in [2.75, 3.05) is 13.2 Å². The third-order valence-electron chi connectivity index (χ3n) is 4.15. The summed E-state index contributed by atoms with van der Waals surface area (Å²) in [6.07, 6.45) is 8.00. The van der Waals surface area contributed by atoms with Crippen molar-refractivity contribution in [3.63, 3.8) is 0 Å². The van der Waals surface area contributed by atoms with E-state index in [-0.39, 0.29) is 12.1 Å². The van der Waals surface area contributed by atoms with E-state index in [4.69, 9.17) is 9.47 Å². The Hall–Kier alpha value is -1.07. The van der Waals surface area contributed by atoms with Crippen LogP contribution in [0.4, 0.5) is 4.79 Å². The fraction of sp³-hybridized carbons (Fsp3) is 0.842. The number of hydrogen-bond acceptors (Lipinski definition) is 4. The predicted molar refractivity (Wildman–Crippen MR) is 98.3 cm³/mol. The third-order valence-corrected chi connectivity index (χ3v) is 4.15. The average molecular weight is 341 g/mol. The van der Waals surface area contributed by atoms with Gasteiger partial charge in [0.25, 0.3) is 0 Å². The molecular weight excluding hydrogens is 304 g/mol. The summed E-state index contributed by atoms with van der Waals surface area (Å²) >= 11 is 0. The molecular formula is C19H36N2O3. The molecule has 0 aliphatic heterocycles. The molecule has 1 saturated carbocycles. The highest BCUT2D eigenvalue weighted by Gasteiger charge is 2.24. The summed E-state index contributed by atoms with van der Waals surface area (Å²) in [5.74, 6) is 0. The highest BCUT2D eigenvalue weighted by molar-refractivity contribution is 5.68. The lowest BCUT2D eigenvalue weighted by Gasteiger charge is -2.30. The minimum absolute atomic E-state index is 0.205. The minimum atomic E-state index is -0.444. The molecule has 5 nitrogen and oxygen atoms in total. The first kappa shape index (κ1) is 21.0. The molecule has 1 aliphatic carbocycles. The van der Waals surface area contributed by atoms with Crippen LogP contribution in [0.3, 0.4) is 0 Å². The van der Waals surface area contributed by atoms with Crippen LogP contribution in [0, 0.1) is 0 Å². The highest BCUT2D eigenvalue weighted by Crippen LogP contribution is 2.21. The van der Waals surface area contributed by atoms with Crippen molar-refractivity contribution >= 4 is 6.09 Å². The number of rotatable bonds is 9. The first-order chi connectivity index (χ1) is 11.3. The second-order valence-electron chi connectivity index (χ2n) is 7.71. The fourth-order valence-electron chi connectivity index (χ4n) is 2.85. The summed E-state index contributed by atoms with van der Waals surface area (Å²) in [6, 6.07) is 0.706. The van der Waals surface area contributed by atoms with Gasteiger partial charge >= 0.3 is 6.09 Å². The van der Waals surface area contributed by atoms with E-state index < -0.39 is 5.60 Å². The lowest BCUT2D eigenvalue weighted by Crippen LogP contribution is -2.42. The van der Waals surface area contributed by atoms with Crippen molar-refractivity contribution < 1.29 is 14.3 Å². The van der Waals surface area contributed by atoms with Crippen LogP contribution in [0.5, 0.6) is 0 Å². The first-order valence-corrected chi connectivity index (χ1v) is 9.25. The molecule has 0 saturated heterocycles. The Balaban J connectivity index is 2.09. The standard InChI is InChI=1S/C19H36N2O3/c1-6-7-8-15(2)20-13-14-23-17-11-9-16(10-12-17)21-18(22)24-19(3,4)5/h6,15-17,20H,1,7-14H2,2-5H3,(H,21,22). The summed E-state index contributed by atoms with van der Waals surface area (Å²) in [6.45, 7) is 13.2. The molecule has 0 radical (unpaired) electrons. The molecule has 1 unspecified atom stereocenters. The molecule has 0 heterocycles. The van der Waals surface area contributed by atoms with Gasteiger partial charge in [0.05, 0.1) is 12.7 Å². The third kappa shape index (κ3) is 9.93. The van der Waals surface area contributed by atoms with Crippen LogP contribution in [-0.2, 0) is 9.47 Å². The quantitative estimate of drug-likeness (QED) is 0.495. The SMILES string of the molecule is C=CCCC(C)NCCOC1CCC(NC(=O)OC(C)(C)C)CC1. The zero-order valence-electron chi connectivity index (χ0n) is 15.9. The van der Waals surface area contributed by atoms with Crippen molar-refractivity contribution in [2.45, 2.75) is 90.0 Å². The van der Waals surface area contributed by atoms with Gasteiger partial charge in [-0.1, -0.05) is 6.08 Å². The molecule has 24 heavy (non-hydrogen) atoms. The molecule has 0 spiro atoms. The topological polar surface area (TPSA) is 59.6 Å². The number of allylic oxidation sites excluding steroid dienone is 1. The zero-order valence-corrected chi connectivity index (χ0v) is 15.9. The summed E-state index contributed by atoms with van der Waals surface area (Å²) in [5, 5.41) is 6.43. The zero-order chi connectivity index (χ0) is 18.0. The van der Waals surface area contributed by atoms with E-state index in [9.17, 15) is 4.79 Å². The van der Waals surface area contributed by atoms with Crippen LogP contribution in [0.1, 0.15) is 66.2 Å². The number of nitrogens with one attached hydrogen (secondary N) is 2. The Morgan fingerprint density at radius 3 is 2.54 bits per heavy atom. The van der Waals surface area contributed by atoms with Crippen molar-refractivity contribution in [2.24, 2.45) is 0 Å². The molecule has 1 atom stereocenters. The van der Waals surface area contributed by atoms with Gasteiger partial charge in [0, 0.05) is 18.6 Å². The number of amides is 1. The van der Waals surface area contributed by atoms with Crippen molar-refractivity contribution in [3.05, 3.63) is 12.7 Å². The molecule has 1 rings (SSSR count). The molecule has 1 amide bonds. The molecule has 5 heteroatoms. The Morgan fingerprint density at radius 2 is 1.96 bits per heavy atom. The second kappa shape index (κ2) is 10.7. The van der Waals surface area contributed by atoms with Gasteiger partial charge in [-0.3, -0.25) is 0 Å². The van der Waals surface area contributed by atoms with Crippen LogP contribution < -0.4 is 10.6 Å². The van der Waals surface area contributed by atoms with E-state index in [1.807, 2.05) is 26.8 Å². The normalized spacial score (nSPS) is 22.7. The molecule has 1 fully saturated rings. The van der Waals surface area contributed by atoms with Crippen molar-refractivity contribution in [1.82, 2.24) is 10.6 Å². The van der Waals surface area contributed by atoms with E-state index in [2.05, 4.69) is 24.1 Å². The lowest BCUT2D eigenvalue weighted by molar-refractivity contribution is 0.0188. The van der Waals surface area contributed by atoms with Gasteiger partial charge in [-0.15, -0.1) is 6.58 Å². The minimum Gasteiger partial charge on any atom is -0.444 e. The summed E-state index contributed by atoms with van der Waals surface area (Å²) in [5.41, 5.74) is -0.444. The van der Waals surface area contributed by atoms with Gasteiger partial charge in [-0.05, 0) is 66.2 Å². The van der Waals surface area contributed by atoms with Crippen molar-refractivity contribution in [3.8, 4) is 0 Å². The number of carbonyl (C=O) groups is 1. The Labute approximate surface area is 147 Å². The van der Waals surface area contributed by atoms with E-state index in [0.29, 0.717) is 12.1 Å². The van der Waals surface area contributed by atoms with Gasteiger partial charge in [0.1, 0.15) is 5.60 Å². The first-order valence-electron chi connectivity index (χ1n) is 9.25. The molecule has 0 aromatic carbocycles. The van der Waals surface area contributed by atoms with Gasteiger partial charge in [0.2, 0.25) is 0 Å². The second-order valence-corrected chi connectivity index (χ2v) is 7.71. The van der Waals surface area contributed by atoms with Crippen molar-refractivity contribution in [1.29, 1.82) is 0 Å². The highest BCUT2D eigenvalue weighted by atomic mass is 16.6. The smallest absolute Gasteiger partial charge is 0.407 e. The van der Waals surface area contributed by atoms with Gasteiger partial charge < -0.3 is 20.1 Å². The molecule has 0 bridgehead atoms. The molecule has 1 aliphatic rings. The van der Waals surface area contributed by atoms with Gasteiger partial charge in [-0.2, -0.15) is 0 Å². The van der Waals surface area contributed by atoms with Gasteiger partial charge in [-0.25, -0.2) is 4.79 Å². The maximum atomic E-state index is 11.8. The van der Waals surface area contributed by atoms with Gasteiger partial charge in [0.15, 0.2) is 0 Å². The van der Waals surface area contributed by atoms with Crippen LogP contribution in [0.15, 0.2) is 12.7 Å². The number of alkyl carbamates (subject to hydrolysis) is 1. The fourth-order valence-corrected chi connectivity index (χ4v) is 2.85. The van der Waals surface area contributed by atoms with Crippen LogP contribution >= 0.6 is 0 Å². The Morgan fingerprint density at radius 1 is 1.29 bits per heavy atom. The molecule has 0 aromatic rings. The van der Waals surface area contributed by atoms with Crippen LogP contribution in [0.25, 0.3) is 0 Å². The summed E-state index contributed by atoms with van der Waals surface area (Å²) < 4.78 is 11.2. The predicted octanol–water partition coefficient (Wildman–Crippen LogP) is 3.78. The monoisotopic (exact) mass is 340 g/mol. The Kier molecular flexibility index (Phi) is 9.37. The number of ether oxygens (including phenoxy) is 2. The molecule has 0 aromatic heterocycles. The average Bonchev–Trinajstić information content (AvgIpc) is 2.49. The lowest BCUT2D eigenvalue weighted by atomic mass is 9.93. The van der Waals surface area contributed by atoms with Crippen LogP contribution in [0.2, 0.25) is 0 Å². The molecule has 2 N–H and O–H groups in total. The van der Waals surface area contributed by atoms with E-state index >= 15 is 0 Å².